The van der Waals surface area contributed by atoms with Crippen LogP contribution in [0.3, 0.4) is 0 Å². The molecule has 3 aromatic rings. The van der Waals surface area contributed by atoms with Gasteiger partial charge < -0.3 is 10.6 Å². The van der Waals surface area contributed by atoms with E-state index in [4.69, 9.17) is 0 Å². The number of fused-ring (bicyclic) bond motifs is 1. The summed E-state index contributed by atoms with van der Waals surface area (Å²) >= 11 is 0. The molecule has 0 saturated heterocycles. The van der Waals surface area contributed by atoms with Gasteiger partial charge in [0.15, 0.2) is 0 Å². The van der Waals surface area contributed by atoms with Crippen molar-refractivity contribution in [1.82, 2.24) is 10.3 Å². The third kappa shape index (κ3) is 4.70. The molecule has 8 nitrogen and oxygen atoms in total. The predicted molar refractivity (Wildman–Crippen MR) is 120 cm³/mol. The summed E-state index contributed by atoms with van der Waals surface area (Å²) in [6, 6.07) is 13.5. The van der Waals surface area contributed by atoms with Crippen molar-refractivity contribution >= 4 is 33.2 Å². The molecule has 2 amide bonds. The van der Waals surface area contributed by atoms with Gasteiger partial charge in [0.25, 0.3) is 10.0 Å². The van der Waals surface area contributed by atoms with Gasteiger partial charge >= 0.3 is 0 Å². The highest BCUT2D eigenvalue weighted by atomic mass is 32.2. The number of pyridine rings is 1. The van der Waals surface area contributed by atoms with Crippen molar-refractivity contribution < 1.29 is 22.4 Å². The summed E-state index contributed by atoms with van der Waals surface area (Å²) in [7, 11) is -4.49. The minimum Gasteiger partial charge on any atom is -0.356 e. The van der Waals surface area contributed by atoms with Gasteiger partial charge in [0, 0.05) is 18.9 Å². The Morgan fingerprint density at radius 3 is 2.52 bits per heavy atom. The van der Waals surface area contributed by atoms with E-state index in [1.807, 2.05) is 12.1 Å². The molecule has 0 radical (unpaired) electrons. The molecule has 2 heterocycles. The van der Waals surface area contributed by atoms with Crippen LogP contribution >= 0.6 is 0 Å². The third-order valence-corrected chi connectivity index (χ3v) is 7.08. The summed E-state index contributed by atoms with van der Waals surface area (Å²) in [6.45, 7) is 0.299. The van der Waals surface area contributed by atoms with E-state index in [9.17, 15) is 22.4 Å². The predicted octanol–water partition coefficient (Wildman–Crippen LogP) is 2.49. The van der Waals surface area contributed by atoms with Crippen molar-refractivity contribution in [3.05, 3.63) is 84.4 Å². The van der Waals surface area contributed by atoms with Gasteiger partial charge in [-0.25, -0.2) is 12.8 Å². The Labute approximate surface area is 190 Å². The summed E-state index contributed by atoms with van der Waals surface area (Å²) in [4.78, 5) is 28.9. The third-order valence-electron chi connectivity index (χ3n) is 5.22. The highest BCUT2D eigenvalue weighted by Crippen LogP contribution is 2.37. The van der Waals surface area contributed by atoms with Crippen LogP contribution < -0.4 is 14.9 Å². The number of hydrogen-bond acceptors (Lipinski definition) is 5. The summed E-state index contributed by atoms with van der Waals surface area (Å²) in [6.07, 6.45) is 3.41. The van der Waals surface area contributed by atoms with E-state index in [0.29, 0.717) is 13.0 Å². The number of benzene rings is 2. The molecule has 2 N–H and O–H groups in total. The number of nitrogens with zero attached hydrogens (tertiary/aromatic N) is 2. The van der Waals surface area contributed by atoms with E-state index in [1.165, 1.54) is 18.2 Å². The number of carbonyl (C=O) groups is 2. The molecule has 0 aliphatic carbocycles. The minimum absolute atomic E-state index is 0.162. The zero-order chi connectivity index (χ0) is 23.4. The Hall–Kier alpha value is -3.79. The van der Waals surface area contributed by atoms with Crippen LogP contribution in [0.4, 0.5) is 15.8 Å². The van der Waals surface area contributed by atoms with Crippen molar-refractivity contribution in [2.75, 3.05) is 16.2 Å². The van der Waals surface area contributed by atoms with Gasteiger partial charge in [-0.05, 0) is 48.4 Å². The highest BCUT2D eigenvalue weighted by Gasteiger charge is 2.42. The number of hydrogen-bond donors (Lipinski definition) is 2. The number of amides is 2. The van der Waals surface area contributed by atoms with Crippen LogP contribution in [-0.2, 0) is 26.0 Å². The van der Waals surface area contributed by atoms with Crippen molar-refractivity contribution in [1.29, 1.82) is 0 Å². The average Bonchev–Trinajstić information content (AvgIpc) is 2.80. The van der Waals surface area contributed by atoms with Gasteiger partial charge in [0.2, 0.25) is 11.8 Å². The first-order chi connectivity index (χ1) is 15.9. The van der Waals surface area contributed by atoms with Gasteiger partial charge in [-0.2, -0.15) is 0 Å². The molecule has 1 aromatic heterocycles. The summed E-state index contributed by atoms with van der Waals surface area (Å²) < 4.78 is 42.2. The van der Waals surface area contributed by atoms with E-state index < -0.39 is 45.0 Å². The molecule has 1 unspecified atom stereocenters. The summed E-state index contributed by atoms with van der Waals surface area (Å²) in [5.41, 5.74) is 1.39. The number of sulfonamides is 1. The number of halogens is 1. The second kappa shape index (κ2) is 9.37. The highest BCUT2D eigenvalue weighted by molar-refractivity contribution is 7.93. The van der Waals surface area contributed by atoms with E-state index in [2.05, 4.69) is 15.6 Å². The number of para-hydroxylation sites is 2. The second-order valence-electron chi connectivity index (χ2n) is 7.41. The molecule has 33 heavy (non-hydrogen) atoms. The lowest BCUT2D eigenvalue weighted by molar-refractivity contribution is -0.125. The van der Waals surface area contributed by atoms with Gasteiger partial charge in [-0.3, -0.25) is 18.9 Å². The Balaban J connectivity index is 1.61. The lowest BCUT2D eigenvalue weighted by Gasteiger charge is -2.36. The number of aromatic nitrogens is 1. The van der Waals surface area contributed by atoms with Crippen LogP contribution in [-0.4, -0.2) is 37.8 Å². The second-order valence-corrected chi connectivity index (χ2v) is 9.20. The zero-order valence-corrected chi connectivity index (χ0v) is 18.3. The Morgan fingerprint density at radius 2 is 1.76 bits per heavy atom. The maximum atomic E-state index is 14.4. The van der Waals surface area contributed by atoms with E-state index in [0.717, 1.165) is 22.0 Å². The Kier molecular flexibility index (Phi) is 6.36. The van der Waals surface area contributed by atoms with Crippen molar-refractivity contribution in [2.24, 2.45) is 0 Å². The van der Waals surface area contributed by atoms with Crippen LogP contribution in [0.5, 0.6) is 0 Å². The molecular weight excluding hydrogens is 447 g/mol. The van der Waals surface area contributed by atoms with Crippen LogP contribution in [0.1, 0.15) is 12.0 Å². The van der Waals surface area contributed by atoms with Gasteiger partial charge in [0.05, 0.1) is 17.8 Å². The first-order valence-corrected chi connectivity index (χ1v) is 11.7. The first-order valence-electron chi connectivity index (χ1n) is 10.2. The maximum Gasteiger partial charge on any atom is 0.268 e. The smallest absolute Gasteiger partial charge is 0.268 e. The largest absolute Gasteiger partial charge is 0.356 e. The Bertz CT molecular complexity index is 1280. The van der Waals surface area contributed by atoms with Crippen molar-refractivity contribution in [2.45, 2.75) is 23.8 Å². The number of anilines is 2. The van der Waals surface area contributed by atoms with E-state index in [-0.39, 0.29) is 11.4 Å². The molecule has 1 aliphatic heterocycles. The summed E-state index contributed by atoms with van der Waals surface area (Å²) in [5.74, 6) is -2.11. The van der Waals surface area contributed by atoms with Crippen molar-refractivity contribution in [3.8, 4) is 0 Å². The van der Waals surface area contributed by atoms with E-state index >= 15 is 0 Å². The normalized spacial score (nSPS) is 15.5. The molecule has 0 saturated carbocycles. The molecule has 2 aromatic carbocycles. The summed E-state index contributed by atoms with van der Waals surface area (Å²) in [5, 5.41) is 5.35. The first kappa shape index (κ1) is 22.4. The Morgan fingerprint density at radius 1 is 1.06 bits per heavy atom. The van der Waals surface area contributed by atoms with Crippen molar-refractivity contribution in [3.63, 3.8) is 0 Å². The number of nitrogens with one attached hydrogen (secondary N) is 2. The zero-order valence-electron chi connectivity index (χ0n) is 17.4. The standard InChI is InChI=1S/C23H21FN4O4S/c24-17-5-1-4-8-21(17)33(31,32)28-19-7-3-2-6-18(19)27-23(30)20(28)15-22(29)26-14-11-16-9-12-25-13-10-16/h1-10,12-13,20H,11,14-15H2,(H,26,29)(H,27,30). The molecule has 10 heteroatoms. The van der Waals surface area contributed by atoms with Gasteiger partial charge in [-0.15, -0.1) is 0 Å². The molecule has 0 fully saturated rings. The van der Waals surface area contributed by atoms with Crippen LogP contribution in [0.25, 0.3) is 0 Å². The van der Waals surface area contributed by atoms with E-state index in [1.54, 1.807) is 30.6 Å². The monoisotopic (exact) mass is 468 g/mol. The topological polar surface area (TPSA) is 108 Å². The fourth-order valence-corrected chi connectivity index (χ4v) is 5.34. The maximum absolute atomic E-state index is 14.4. The average molecular weight is 469 g/mol. The lowest BCUT2D eigenvalue weighted by Crippen LogP contribution is -2.53. The number of carbonyl (C=O) groups excluding carboxylic acids is 2. The van der Waals surface area contributed by atoms with Gasteiger partial charge in [-0.1, -0.05) is 24.3 Å². The molecule has 0 spiro atoms. The lowest BCUT2D eigenvalue weighted by atomic mass is 10.1. The van der Waals surface area contributed by atoms with Crippen LogP contribution in [0, 0.1) is 5.82 Å². The molecule has 170 valence electrons. The quantitative estimate of drug-likeness (QED) is 0.554. The molecule has 1 atom stereocenters. The minimum atomic E-state index is -4.49. The molecule has 4 rings (SSSR count). The number of rotatable bonds is 7. The van der Waals surface area contributed by atoms with Crippen LogP contribution in [0.15, 0.2) is 78.0 Å². The molecule has 1 aliphatic rings. The fourth-order valence-electron chi connectivity index (χ4n) is 3.64. The molecular formula is C23H21FN4O4S. The SMILES string of the molecule is O=C(CC1C(=O)Nc2ccccc2N1S(=O)(=O)c1ccccc1F)NCCc1ccncc1. The fraction of sp³-hybridized carbons (Fsp3) is 0.174. The molecule has 0 bridgehead atoms. The van der Waals surface area contributed by atoms with Crippen LogP contribution in [0.2, 0.25) is 0 Å². The van der Waals surface area contributed by atoms with Gasteiger partial charge in [0.1, 0.15) is 16.8 Å².